The molecule has 0 saturated carbocycles. The van der Waals surface area contributed by atoms with Crippen molar-refractivity contribution in [2.75, 3.05) is 0 Å². The number of aromatic nitrogens is 2. The van der Waals surface area contributed by atoms with Gasteiger partial charge in [-0.3, -0.25) is 0 Å². The third kappa shape index (κ3) is 2.97. The molecule has 5 nitrogen and oxygen atoms in total. The highest BCUT2D eigenvalue weighted by molar-refractivity contribution is 5.82. The van der Waals surface area contributed by atoms with Crippen molar-refractivity contribution in [2.24, 2.45) is 4.99 Å². The number of hydrogen-bond acceptors (Lipinski definition) is 5. The van der Waals surface area contributed by atoms with E-state index < -0.39 is 0 Å². The Balaban J connectivity index is 1.88. The number of aryl methyl sites for hydroxylation is 1. The monoisotopic (exact) mass is 279 g/mol. The van der Waals surface area contributed by atoms with E-state index in [0.717, 1.165) is 11.1 Å². The van der Waals surface area contributed by atoms with Crippen molar-refractivity contribution in [3.63, 3.8) is 0 Å². The summed E-state index contributed by atoms with van der Waals surface area (Å²) in [4.78, 5) is 12.5. The van der Waals surface area contributed by atoms with Gasteiger partial charge in [0, 0.05) is 11.8 Å². The number of hydrogen-bond donors (Lipinski definition) is 1. The van der Waals surface area contributed by atoms with E-state index in [2.05, 4.69) is 15.0 Å². The minimum absolute atomic E-state index is 0.259. The van der Waals surface area contributed by atoms with Crippen LogP contribution >= 0.6 is 0 Å². The second-order valence-electron chi connectivity index (χ2n) is 4.53. The van der Waals surface area contributed by atoms with Crippen molar-refractivity contribution in [3.05, 3.63) is 59.9 Å². The van der Waals surface area contributed by atoms with Crippen molar-refractivity contribution in [1.29, 1.82) is 0 Å². The summed E-state index contributed by atoms with van der Waals surface area (Å²) in [5.74, 6) is 0.649. The smallest absolute Gasteiger partial charge is 0.312 e. The topological polar surface area (TPSA) is 71.5 Å². The first-order valence-electron chi connectivity index (χ1n) is 6.44. The average molecular weight is 279 g/mol. The fourth-order valence-electron chi connectivity index (χ4n) is 1.83. The van der Waals surface area contributed by atoms with Crippen molar-refractivity contribution in [1.82, 2.24) is 9.97 Å². The Kier molecular flexibility index (Phi) is 3.47. The fraction of sp³-hybridized carbons (Fsp3) is 0.0625. The molecule has 0 bridgehead atoms. The SMILES string of the molecule is Cc1ccnc(N=Cc2nc(-c3ccccc3)oc2O)c1. The predicted molar refractivity (Wildman–Crippen MR) is 79.8 cm³/mol. The predicted octanol–water partition coefficient (Wildman–Crippen LogP) is 3.50. The van der Waals surface area contributed by atoms with Gasteiger partial charge in [-0.1, -0.05) is 18.2 Å². The maximum absolute atomic E-state index is 9.78. The second-order valence-corrected chi connectivity index (χ2v) is 4.53. The highest BCUT2D eigenvalue weighted by Crippen LogP contribution is 2.25. The van der Waals surface area contributed by atoms with E-state index in [9.17, 15) is 5.11 Å². The van der Waals surface area contributed by atoms with Crippen molar-refractivity contribution >= 4 is 12.0 Å². The van der Waals surface area contributed by atoms with E-state index in [1.807, 2.05) is 49.4 Å². The number of nitrogens with zero attached hydrogens (tertiary/aromatic N) is 3. The Morgan fingerprint density at radius 1 is 1.19 bits per heavy atom. The third-order valence-electron chi connectivity index (χ3n) is 2.88. The molecule has 2 aromatic heterocycles. The van der Waals surface area contributed by atoms with Crippen LogP contribution in [0.3, 0.4) is 0 Å². The van der Waals surface area contributed by atoms with Crippen LogP contribution in [0.5, 0.6) is 5.95 Å². The van der Waals surface area contributed by atoms with Gasteiger partial charge in [0.15, 0.2) is 11.5 Å². The van der Waals surface area contributed by atoms with Crippen molar-refractivity contribution < 1.29 is 9.52 Å². The van der Waals surface area contributed by atoms with Gasteiger partial charge < -0.3 is 9.52 Å². The maximum Gasteiger partial charge on any atom is 0.312 e. The van der Waals surface area contributed by atoms with Gasteiger partial charge in [0.25, 0.3) is 0 Å². The molecule has 0 spiro atoms. The van der Waals surface area contributed by atoms with Crippen LogP contribution in [-0.2, 0) is 0 Å². The van der Waals surface area contributed by atoms with Crippen molar-refractivity contribution in [2.45, 2.75) is 6.92 Å². The number of benzene rings is 1. The molecular weight excluding hydrogens is 266 g/mol. The molecule has 0 saturated heterocycles. The number of rotatable bonds is 3. The quantitative estimate of drug-likeness (QED) is 0.745. The van der Waals surface area contributed by atoms with Crippen LogP contribution in [0.4, 0.5) is 5.82 Å². The summed E-state index contributed by atoms with van der Waals surface area (Å²) in [5.41, 5.74) is 2.13. The normalized spacial score (nSPS) is 11.1. The van der Waals surface area contributed by atoms with Crippen LogP contribution in [0.25, 0.3) is 11.5 Å². The van der Waals surface area contributed by atoms with Crippen LogP contribution in [0.15, 0.2) is 58.1 Å². The molecule has 0 atom stereocenters. The van der Waals surface area contributed by atoms with Gasteiger partial charge in [-0.05, 0) is 36.8 Å². The molecule has 0 aliphatic heterocycles. The highest BCUT2D eigenvalue weighted by atomic mass is 16.5. The summed E-state index contributed by atoms with van der Waals surface area (Å²) in [6.45, 7) is 1.96. The zero-order chi connectivity index (χ0) is 14.7. The van der Waals surface area contributed by atoms with Crippen molar-refractivity contribution in [3.8, 4) is 17.4 Å². The molecule has 1 N–H and O–H groups in total. The van der Waals surface area contributed by atoms with E-state index in [4.69, 9.17) is 4.42 Å². The second kappa shape index (κ2) is 5.58. The standard InChI is InChI=1S/C16H13N3O2/c1-11-7-8-17-14(9-11)18-10-13-16(20)21-15(19-13)12-5-3-2-4-6-12/h2-10,20H,1H3. The van der Waals surface area contributed by atoms with Gasteiger partial charge in [-0.15, -0.1) is 0 Å². The lowest BCUT2D eigenvalue weighted by Crippen LogP contribution is -1.83. The molecule has 0 unspecified atom stereocenters. The maximum atomic E-state index is 9.78. The number of oxazole rings is 1. The van der Waals surface area contributed by atoms with E-state index in [-0.39, 0.29) is 11.6 Å². The molecular formula is C16H13N3O2. The van der Waals surface area contributed by atoms with Crippen LogP contribution < -0.4 is 0 Å². The lowest BCUT2D eigenvalue weighted by atomic mass is 10.2. The zero-order valence-corrected chi connectivity index (χ0v) is 11.4. The summed E-state index contributed by atoms with van der Waals surface area (Å²) >= 11 is 0. The molecule has 5 heteroatoms. The molecule has 2 heterocycles. The molecule has 0 fully saturated rings. The molecule has 0 radical (unpaired) electrons. The van der Waals surface area contributed by atoms with Crippen LogP contribution in [0, 0.1) is 6.92 Å². The van der Waals surface area contributed by atoms with Crippen LogP contribution in [0.2, 0.25) is 0 Å². The Labute approximate surface area is 121 Å². The average Bonchev–Trinajstić information content (AvgIpc) is 2.87. The van der Waals surface area contributed by atoms with Gasteiger partial charge in [0.1, 0.15) is 0 Å². The van der Waals surface area contributed by atoms with Gasteiger partial charge in [0.2, 0.25) is 5.89 Å². The summed E-state index contributed by atoms with van der Waals surface area (Å²) in [5, 5.41) is 9.78. The van der Waals surface area contributed by atoms with Gasteiger partial charge in [-0.2, -0.15) is 0 Å². The lowest BCUT2D eigenvalue weighted by molar-refractivity contribution is 0.337. The van der Waals surface area contributed by atoms with E-state index >= 15 is 0 Å². The Morgan fingerprint density at radius 3 is 2.76 bits per heavy atom. The van der Waals surface area contributed by atoms with E-state index in [0.29, 0.717) is 11.7 Å². The molecule has 0 aliphatic carbocycles. The van der Waals surface area contributed by atoms with Crippen LogP contribution in [-0.4, -0.2) is 21.3 Å². The number of pyridine rings is 1. The summed E-state index contributed by atoms with van der Waals surface area (Å²) in [6.07, 6.45) is 3.12. The number of aliphatic imine (C=N–C) groups is 1. The third-order valence-corrected chi connectivity index (χ3v) is 2.88. The zero-order valence-electron chi connectivity index (χ0n) is 11.4. The molecule has 0 aliphatic rings. The van der Waals surface area contributed by atoms with Gasteiger partial charge in [0.05, 0.1) is 6.21 Å². The minimum atomic E-state index is -0.259. The number of aromatic hydroxyl groups is 1. The molecule has 0 amide bonds. The minimum Gasteiger partial charge on any atom is -0.479 e. The lowest BCUT2D eigenvalue weighted by Gasteiger charge is -1.93. The molecule has 3 rings (SSSR count). The van der Waals surface area contributed by atoms with Crippen LogP contribution in [0.1, 0.15) is 11.3 Å². The summed E-state index contributed by atoms with van der Waals surface area (Å²) in [6, 6.07) is 13.1. The van der Waals surface area contributed by atoms with Gasteiger partial charge >= 0.3 is 5.95 Å². The first kappa shape index (κ1) is 13.1. The Bertz CT molecular complexity index is 779. The summed E-state index contributed by atoms with van der Waals surface area (Å²) in [7, 11) is 0. The fourth-order valence-corrected chi connectivity index (χ4v) is 1.83. The Hall–Kier alpha value is -2.95. The molecule has 104 valence electrons. The van der Waals surface area contributed by atoms with E-state index in [1.165, 1.54) is 6.21 Å². The molecule has 21 heavy (non-hydrogen) atoms. The Morgan fingerprint density at radius 2 is 2.00 bits per heavy atom. The molecule has 1 aromatic carbocycles. The van der Waals surface area contributed by atoms with E-state index in [1.54, 1.807) is 6.20 Å². The van der Waals surface area contributed by atoms with Gasteiger partial charge in [-0.25, -0.2) is 15.0 Å². The highest BCUT2D eigenvalue weighted by Gasteiger charge is 2.11. The summed E-state index contributed by atoms with van der Waals surface area (Å²) < 4.78 is 5.25. The largest absolute Gasteiger partial charge is 0.479 e. The first-order chi connectivity index (χ1) is 10.2. The first-order valence-corrected chi connectivity index (χ1v) is 6.44. The molecule has 3 aromatic rings.